The molecular formula is C22H29N2O2+. The maximum Gasteiger partial charge on any atom is 0.226 e. The minimum atomic E-state index is 0.165. The Kier molecular flexibility index (Phi) is 6.29. The molecule has 0 aromatic heterocycles. The molecule has 0 atom stereocenters. The van der Waals surface area contributed by atoms with E-state index in [1.165, 1.54) is 11.1 Å². The molecule has 2 aromatic carbocycles. The van der Waals surface area contributed by atoms with Gasteiger partial charge in [-0.1, -0.05) is 42.5 Å². The first-order valence-corrected chi connectivity index (χ1v) is 9.41. The Hall–Kier alpha value is -2.33. The van der Waals surface area contributed by atoms with Crippen LogP contribution in [-0.4, -0.2) is 38.1 Å². The monoisotopic (exact) mass is 353 g/mol. The van der Waals surface area contributed by atoms with Crippen molar-refractivity contribution in [2.75, 3.05) is 27.2 Å². The molecule has 0 unspecified atom stereocenters. The SMILES string of the molecule is COc1cccc(C[NH+]2CCC(C(=O)N(C)Cc3ccccc3)CC2)c1. The molecule has 0 radical (unpaired) electrons. The van der Waals surface area contributed by atoms with Crippen LogP contribution < -0.4 is 9.64 Å². The van der Waals surface area contributed by atoms with Gasteiger partial charge in [-0.15, -0.1) is 0 Å². The van der Waals surface area contributed by atoms with Crippen LogP contribution in [0.15, 0.2) is 54.6 Å². The summed E-state index contributed by atoms with van der Waals surface area (Å²) in [6, 6.07) is 18.5. The summed E-state index contributed by atoms with van der Waals surface area (Å²) in [4.78, 5) is 16.2. The van der Waals surface area contributed by atoms with E-state index in [-0.39, 0.29) is 11.8 Å². The first-order chi connectivity index (χ1) is 12.7. The Labute approximate surface area is 156 Å². The van der Waals surface area contributed by atoms with Gasteiger partial charge in [0, 0.05) is 37.9 Å². The number of hydrogen-bond acceptors (Lipinski definition) is 2. The zero-order valence-electron chi connectivity index (χ0n) is 15.8. The third-order valence-electron chi connectivity index (χ3n) is 5.27. The second-order valence-corrected chi connectivity index (χ2v) is 7.23. The zero-order chi connectivity index (χ0) is 18.4. The maximum atomic E-state index is 12.8. The summed E-state index contributed by atoms with van der Waals surface area (Å²) in [6.45, 7) is 3.79. The third kappa shape index (κ3) is 4.85. The van der Waals surface area contributed by atoms with E-state index in [0.29, 0.717) is 6.54 Å². The number of nitrogens with one attached hydrogen (secondary N) is 1. The van der Waals surface area contributed by atoms with Gasteiger partial charge in [-0.05, 0) is 17.7 Å². The second-order valence-electron chi connectivity index (χ2n) is 7.23. The summed E-state index contributed by atoms with van der Waals surface area (Å²) < 4.78 is 5.31. The average molecular weight is 353 g/mol. The number of carbonyl (C=O) groups is 1. The number of piperidine rings is 1. The van der Waals surface area contributed by atoms with E-state index in [0.717, 1.165) is 38.2 Å². The Bertz CT molecular complexity index is 709. The molecular weight excluding hydrogens is 324 g/mol. The van der Waals surface area contributed by atoms with Crippen molar-refractivity contribution in [2.45, 2.75) is 25.9 Å². The summed E-state index contributed by atoms with van der Waals surface area (Å²) in [7, 11) is 3.62. The van der Waals surface area contributed by atoms with Crippen molar-refractivity contribution >= 4 is 5.91 Å². The highest BCUT2D eigenvalue weighted by Crippen LogP contribution is 2.16. The lowest BCUT2D eigenvalue weighted by Gasteiger charge is -2.31. The van der Waals surface area contributed by atoms with Crippen LogP contribution in [-0.2, 0) is 17.9 Å². The van der Waals surface area contributed by atoms with Crippen LogP contribution in [0.4, 0.5) is 0 Å². The van der Waals surface area contributed by atoms with Gasteiger partial charge in [0.05, 0.1) is 20.2 Å². The van der Waals surface area contributed by atoms with Crippen molar-refractivity contribution in [1.29, 1.82) is 0 Å². The summed E-state index contributed by atoms with van der Waals surface area (Å²) in [5, 5.41) is 0. The molecule has 3 rings (SSSR count). The van der Waals surface area contributed by atoms with Gasteiger partial charge in [0.2, 0.25) is 5.91 Å². The Morgan fingerprint density at radius 3 is 2.46 bits per heavy atom. The Morgan fingerprint density at radius 1 is 1.08 bits per heavy atom. The quantitative estimate of drug-likeness (QED) is 0.863. The number of quaternary nitrogens is 1. The highest BCUT2D eigenvalue weighted by atomic mass is 16.5. The number of amides is 1. The molecule has 1 amide bonds. The van der Waals surface area contributed by atoms with Gasteiger partial charge in [-0.25, -0.2) is 0 Å². The number of benzene rings is 2. The van der Waals surface area contributed by atoms with Crippen molar-refractivity contribution in [3.8, 4) is 5.75 Å². The van der Waals surface area contributed by atoms with Crippen molar-refractivity contribution in [2.24, 2.45) is 5.92 Å². The van der Waals surface area contributed by atoms with E-state index < -0.39 is 0 Å². The van der Waals surface area contributed by atoms with E-state index >= 15 is 0 Å². The van der Waals surface area contributed by atoms with Gasteiger partial charge in [0.15, 0.2) is 0 Å². The van der Waals surface area contributed by atoms with E-state index in [4.69, 9.17) is 4.74 Å². The van der Waals surface area contributed by atoms with E-state index in [2.05, 4.69) is 24.3 Å². The Morgan fingerprint density at radius 2 is 1.77 bits per heavy atom. The fraction of sp³-hybridized carbons (Fsp3) is 0.409. The molecule has 1 N–H and O–H groups in total. The number of nitrogens with zero attached hydrogens (tertiary/aromatic N) is 1. The minimum Gasteiger partial charge on any atom is -0.497 e. The van der Waals surface area contributed by atoms with E-state index in [9.17, 15) is 4.79 Å². The van der Waals surface area contributed by atoms with Crippen molar-refractivity contribution in [3.05, 3.63) is 65.7 Å². The van der Waals surface area contributed by atoms with Crippen molar-refractivity contribution in [1.82, 2.24) is 4.90 Å². The molecule has 1 aliphatic heterocycles. The first kappa shape index (κ1) is 18.5. The molecule has 4 heteroatoms. The number of likely N-dealkylation sites (tertiary alicyclic amines) is 1. The van der Waals surface area contributed by atoms with E-state index in [1.807, 2.05) is 42.3 Å². The minimum absolute atomic E-state index is 0.165. The molecule has 0 aliphatic carbocycles. The predicted molar refractivity (Wildman–Crippen MR) is 103 cm³/mol. The van der Waals surface area contributed by atoms with Crippen LogP contribution in [0.3, 0.4) is 0 Å². The molecule has 1 fully saturated rings. The van der Waals surface area contributed by atoms with Crippen LogP contribution in [0.25, 0.3) is 0 Å². The smallest absolute Gasteiger partial charge is 0.226 e. The first-order valence-electron chi connectivity index (χ1n) is 9.41. The molecule has 1 heterocycles. The molecule has 4 nitrogen and oxygen atoms in total. The number of rotatable bonds is 6. The average Bonchev–Trinajstić information content (AvgIpc) is 2.69. The lowest BCUT2D eigenvalue weighted by Crippen LogP contribution is -3.11. The second kappa shape index (κ2) is 8.86. The number of hydrogen-bond donors (Lipinski definition) is 1. The highest BCUT2D eigenvalue weighted by Gasteiger charge is 2.29. The highest BCUT2D eigenvalue weighted by molar-refractivity contribution is 5.78. The summed E-state index contributed by atoms with van der Waals surface area (Å²) in [6.07, 6.45) is 1.94. The molecule has 26 heavy (non-hydrogen) atoms. The zero-order valence-corrected chi connectivity index (χ0v) is 15.8. The molecule has 1 saturated heterocycles. The maximum absolute atomic E-state index is 12.8. The van der Waals surface area contributed by atoms with Crippen LogP contribution >= 0.6 is 0 Å². The summed E-state index contributed by atoms with van der Waals surface area (Å²) in [5.41, 5.74) is 2.48. The molecule has 138 valence electrons. The van der Waals surface area contributed by atoms with Crippen LogP contribution in [0.1, 0.15) is 24.0 Å². The van der Waals surface area contributed by atoms with Crippen molar-refractivity contribution < 1.29 is 14.4 Å². The van der Waals surface area contributed by atoms with Gasteiger partial charge < -0.3 is 14.5 Å². The molecule has 1 aliphatic rings. The fourth-order valence-corrected chi connectivity index (χ4v) is 3.77. The molecule has 2 aromatic rings. The Balaban J connectivity index is 1.48. The predicted octanol–water partition coefficient (Wildman–Crippen LogP) is 2.15. The van der Waals surface area contributed by atoms with E-state index in [1.54, 1.807) is 12.0 Å². The lowest BCUT2D eigenvalue weighted by molar-refractivity contribution is -0.919. The van der Waals surface area contributed by atoms with Gasteiger partial charge in [-0.3, -0.25) is 4.79 Å². The number of ether oxygens (including phenoxy) is 1. The molecule has 0 saturated carbocycles. The van der Waals surface area contributed by atoms with Crippen molar-refractivity contribution in [3.63, 3.8) is 0 Å². The van der Waals surface area contributed by atoms with Gasteiger partial charge in [0.25, 0.3) is 0 Å². The largest absolute Gasteiger partial charge is 0.497 e. The summed E-state index contributed by atoms with van der Waals surface area (Å²) >= 11 is 0. The number of carbonyl (C=O) groups excluding carboxylic acids is 1. The fourth-order valence-electron chi connectivity index (χ4n) is 3.77. The van der Waals surface area contributed by atoms with Gasteiger partial charge in [-0.2, -0.15) is 0 Å². The third-order valence-corrected chi connectivity index (χ3v) is 5.27. The van der Waals surface area contributed by atoms with Crippen LogP contribution in [0, 0.1) is 5.92 Å². The van der Waals surface area contributed by atoms with Crippen LogP contribution in [0.5, 0.6) is 5.75 Å². The normalized spacial score (nSPS) is 19.8. The summed E-state index contributed by atoms with van der Waals surface area (Å²) in [5.74, 6) is 1.36. The lowest BCUT2D eigenvalue weighted by atomic mass is 9.95. The topological polar surface area (TPSA) is 34.0 Å². The molecule has 0 spiro atoms. The number of methoxy groups -OCH3 is 1. The van der Waals surface area contributed by atoms with Gasteiger partial charge >= 0.3 is 0 Å². The van der Waals surface area contributed by atoms with Gasteiger partial charge in [0.1, 0.15) is 12.3 Å². The standard InChI is InChI=1S/C22H28N2O2/c1-23(16-18-7-4-3-5-8-18)22(25)20-11-13-24(14-12-20)17-19-9-6-10-21(15-19)26-2/h3-10,15,20H,11-14,16-17H2,1-2H3/p+1. The molecule has 0 bridgehead atoms. The van der Waals surface area contributed by atoms with Crippen LogP contribution in [0.2, 0.25) is 0 Å².